The normalized spacial score (nSPS) is 16.1. The van der Waals surface area contributed by atoms with Gasteiger partial charge in [0, 0.05) is 56.2 Å². The summed E-state index contributed by atoms with van der Waals surface area (Å²) in [5, 5.41) is 0. The molecule has 1 fully saturated rings. The van der Waals surface area contributed by atoms with Crippen molar-refractivity contribution in [1.82, 2.24) is 4.90 Å². The fourth-order valence-electron chi connectivity index (χ4n) is 4.77. The number of hydrogen-bond donors (Lipinski definition) is 0. The number of anilines is 2. The minimum absolute atomic E-state index is 0.0762. The summed E-state index contributed by atoms with van der Waals surface area (Å²) in [7, 11) is -3.75. The second-order valence-corrected chi connectivity index (χ2v) is 12.1. The first kappa shape index (κ1) is 24.7. The van der Waals surface area contributed by atoms with Gasteiger partial charge in [-0.2, -0.15) is 0 Å². The fraction of sp³-hybridized carbons (Fsp3) is 0.440. The van der Waals surface area contributed by atoms with Gasteiger partial charge in [0.05, 0.1) is 16.3 Å². The van der Waals surface area contributed by atoms with E-state index in [-0.39, 0.29) is 28.9 Å². The molecule has 0 spiro atoms. The highest BCUT2D eigenvalue weighted by atomic mass is 79.9. The minimum Gasteiger partial charge on any atom is -0.368 e. The molecule has 0 aliphatic carbocycles. The first-order valence-electron chi connectivity index (χ1n) is 11.5. The maximum atomic E-state index is 13.3. The van der Waals surface area contributed by atoms with E-state index in [1.54, 1.807) is 11.0 Å². The summed E-state index contributed by atoms with van der Waals surface area (Å²) in [5.74, 6) is -0.618. The number of halogens is 1. The van der Waals surface area contributed by atoms with Crippen LogP contribution in [-0.2, 0) is 25.8 Å². The first-order chi connectivity index (χ1) is 16.1. The average molecular weight is 549 g/mol. The summed E-state index contributed by atoms with van der Waals surface area (Å²) >= 11 is 3.39. The molecule has 4 rings (SSSR count). The van der Waals surface area contributed by atoms with Crippen molar-refractivity contribution in [3.8, 4) is 0 Å². The SMILES string of the molecule is CC(=O)N1CCc2cc(Br)cc(S(=O)(=O)CCC(=O)N3CCN(c4cc(C)ccc4C)CC3)c21. The minimum atomic E-state index is -3.75. The van der Waals surface area contributed by atoms with Gasteiger partial charge in [0.15, 0.2) is 9.84 Å². The number of fused-ring (bicyclic) bond motifs is 1. The molecule has 0 radical (unpaired) electrons. The lowest BCUT2D eigenvalue weighted by atomic mass is 10.1. The van der Waals surface area contributed by atoms with Gasteiger partial charge < -0.3 is 14.7 Å². The number of carbonyl (C=O) groups excluding carboxylic acids is 2. The Hall–Kier alpha value is -2.39. The summed E-state index contributed by atoms with van der Waals surface area (Å²) in [5.41, 5.74) is 4.89. The zero-order chi connectivity index (χ0) is 24.6. The number of aryl methyl sites for hydroxylation is 2. The molecular weight excluding hydrogens is 518 g/mol. The van der Waals surface area contributed by atoms with Crippen molar-refractivity contribution in [3.05, 3.63) is 51.5 Å². The topological polar surface area (TPSA) is 78.0 Å². The molecule has 0 bridgehead atoms. The van der Waals surface area contributed by atoms with Crippen LogP contribution in [0.2, 0.25) is 0 Å². The van der Waals surface area contributed by atoms with E-state index in [2.05, 4.69) is 52.9 Å². The van der Waals surface area contributed by atoms with E-state index in [1.165, 1.54) is 28.6 Å². The van der Waals surface area contributed by atoms with Crippen molar-refractivity contribution < 1.29 is 18.0 Å². The third kappa shape index (κ3) is 5.00. The summed E-state index contributed by atoms with van der Waals surface area (Å²) in [4.78, 5) is 30.6. The third-order valence-electron chi connectivity index (χ3n) is 6.63. The lowest BCUT2D eigenvalue weighted by Gasteiger charge is -2.37. The van der Waals surface area contributed by atoms with Crippen LogP contribution in [0.25, 0.3) is 0 Å². The van der Waals surface area contributed by atoms with Crippen LogP contribution in [0.1, 0.15) is 30.0 Å². The van der Waals surface area contributed by atoms with Gasteiger partial charge in [0.25, 0.3) is 0 Å². The summed E-state index contributed by atoms with van der Waals surface area (Å²) in [6.45, 7) is 8.63. The Labute approximate surface area is 209 Å². The Morgan fingerprint density at radius 3 is 2.38 bits per heavy atom. The van der Waals surface area contributed by atoms with Crippen LogP contribution < -0.4 is 9.80 Å². The first-order valence-corrected chi connectivity index (χ1v) is 13.9. The molecule has 0 N–H and O–H groups in total. The Bertz CT molecular complexity index is 1240. The third-order valence-corrected chi connectivity index (χ3v) is 8.81. The largest absolute Gasteiger partial charge is 0.368 e. The highest BCUT2D eigenvalue weighted by Crippen LogP contribution is 2.38. The molecule has 2 aliphatic rings. The molecule has 34 heavy (non-hydrogen) atoms. The van der Waals surface area contributed by atoms with Crippen LogP contribution in [0.5, 0.6) is 0 Å². The quantitative estimate of drug-likeness (QED) is 0.572. The average Bonchev–Trinajstić information content (AvgIpc) is 3.22. The number of sulfone groups is 1. The van der Waals surface area contributed by atoms with Crippen LogP contribution in [0.3, 0.4) is 0 Å². The summed E-state index contributed by atoms with van der Waals surface area (Å²) < 4.78 is 27.2. The van der Waals surface area contributed by atoms with Crippen LogP contribution in [0, 0.1) is 13.8 Å². The second-order valence-electron chi connectivity index (χ2n) is 9.06. The van der Waals surface area contributed by atoms with Crippen molar-refractivity contribution in [3.63, 3.8) is 0 Å². The number of rotatable bonds is 5. The smallest absolute Gasteiger partial charge is 0.223 e. The van der Waals surface area contributed by atoms with Crippen LogP contribution in [0.4, 0.5) is 11.4 Å². The fourth-order valence-corrected chi connectivity index (χ4v) is 6.93. The van der Waals surface area contributed by atoms with Crippen molar-refractivity contribution in [2.24, 2.45) is 0 Å². The molecule has 2 aliphatic heterocycles. The Morgan fingerprint density at radius 1 is 1.00 bits per heavy atom. The molecule has 9 heteroatoms. The van der Waals surface area contributed by atoms with Crippen LogP contribution >= 0.6 is 15.9 Å². The Morgan fingerprint density at radius 2 is 1.71 bits per heavy atom. The van der Waals surface area contributed by atoms with Gasteiger partial charge >= 0.3 is 0 Å². The van der Waals surface area contributed by atoms with Gasteiger partial charge in [-0.1, -0.05) is 28.1 Å². The molecule has 2 heterocycles. The summed E-state index contributed by atoms with van der Waals surface area (Å²) in [6, 6.07) is 9.77. The van der Waals surface area contributed by atoms with Crippen LogP contribution in [-0.4, -0.2) is 63.6 Å². The standard InChI is InChI=1S/C25H30BrN3O4S/c1-17-4-5-18(2)22(14-17)27-9-11-28(12-10-27)24(31)7-13-34(32,33)23-16-21(26)15-20-6-8-29(19(3)30)25(20)23/h4-5,14-16H,6-13H2,1-3H3. The number of benzene rings is 2. The highest BCUT2D eigenvalue weighted by Gasteiger charge is 2.32. The van der Waals surface area contributed by atoms with Gasteiger partial charge in [0.2, 0.25) is 11.8 Å². The van der Waals surface area contributed by atoms with E-state index in [0.29, 0.717) is 36.2 Å². The Balaban J connectivity index is 1.42. The predicted molar refractivity (Wildman–Crippen MR) is 137 cm³/mol. The number of amides is 2. The zero-order valence-corrected chi connectivity index (χ0v) is 22.2. The number of carbonyl (C=O) groups is 2. The number of hydrogen-bond acceptors (Lipinski definition) is 5. The lowest BCUT2D eigenvalue weighted by Crippen LogP contribution is -2.49. The molecule has 182 valence electrons. The van der Waals surface area contributed by atoms with E-state index in [4.69, 9.17) is 0 Å². The van der Waals surface area contributed by atoms with Crippen LogP contribution in [0.15, 0.2) is 39.7 Å². The maximum absolute atomic E-state index is 13.3. The highest BCUT2D eigenvalue weighted by molar-refractivity contribution is 9.10. The van der Waals surface area contributed by atoms with Crippen molar-refractivity contribution in [1.29, 1.82) is 0 Å². The molecule has 0 aromatic heterocycles. The number of piperazine rings is 1. The molecule has 2 aromatic rings. The Kier molecular flexibility index (Phi) is 7.05. The zero-order valence-electron chi connectivity index (χ0n) is 19.8. The van der Waals surface area contributed by atoms with E-state index < -0.39 is 9.84 Å². The molecule has 0 atom stereocenters. The van der Waals surface area contributed by atoms with E-state index in [9.17, 15) is 18.0 Å². The maximum Gasteiger partial charge on any atom is 0.223 e. The molecular formula is C25H30BrN3O4S. The predicted octanol–water partition coefficient (Wildman–Crippen LogP) is 3.49. The number of nitrogens with zero attached hydrogens (tertiary/aromatic N) is 3. The molecule has 0 saturated carbocycles. The van der Waals surface area contributed by atoms with E-state index in [1.807, 2.05) is 6.07 Å². The van der Waals surface area contributed by atoms with Crippen molar-refractivity contribution in [2.45, 2.75) is 38.5 Å². The van der Waals surface area contributed by atoms with Gasteiger partial charge in [-0.25, -0.2) is 8.42 Å². The van der Waals surface area contributed by atoms with E-state index >= 15 is 0 Å². The van der Waals surface area contributed by atoms with Gasteiger partial charge in [-0.15, -0.1) is 0 Å². The molecule has 2 amide bonds. The van der Waals surface area contributed by atoms with Gasteiger partial charge in [-0.3, -0.25) is 9.59 Å². The van der Waals surface area contributed by atoms with Crippen molar-refractivity contribution >= 4 is 49.0 Å². The molecule has 1 saturated heterocycles. The summed E-state index contributed by atoms with van der Waals surface area (Å²) in [6.07, 6.45) is 0.535. The van der Waals surface area contributed by atoms with Gasteiger partial charge in [-0.05, 0) is 55.2 Å². The lowest BCUT2D eigenvalue weighted by molar-refractivity contribution is -0.131. The van der Waals surface area contributed by atoms with E-state index in [0.717, 1.165) is 18.7 Å². The second kappa shape index (κ2) is 9.70. The molecule has 2 aromatic carbocycles. The molecule has 7 nitrogen and oxygen atoms in total. The van der Waals surface area contributed by atoms with Crippen molar-refractivity contribution in [2.75, 3.05) is 48.3 Å². The monoisotopic (exact) mass is 547 g/mol. The molecule has 0 unspecified atom stereocenters. The van der Waals surface area contributed by atoms with Gasteiger partial charge in [0.1, 0.15) is 0 Å².